The van der Waals surface area contributed by atoms with Gasteiger partial charge in [0, 0.05) is 16.5 Å². The van der Waals surface area contributed by atoms with Gasteiger partial charge in [0.1, 0.15) is 12.4 Å². The number of nitrogens with zero attached hydrogens (tertiary/aromatic N) is 2. The Balaban J connectivity index is 0.000000728. The van der Waals surface area contributed by atoms with Gasteiger partial charge in [0.2, 0.25) is 0 Å². The van der Waals surface area contributed by atoms with E-state index in [1.54, 1.807) is 35.8 Å². The fourth-order valence-electron chi connectivity index (χ4n) is 4.55. The molecule has 33 heavy (non-hydrogen) atoms. The Morgan fingerprint density at radius 2 is 1.79 bits per heavy atom. The van der Waals surface area contributed by atoms with E-state index in [-0.39, 0.29) is 24.3 Å². The summed E-state index contributed by atoms with van der Waals surface area (Å²) in [5.41, 5.74) is 2.47. The molecule has 0 bridgehead atoms. The van der Waals surface area contributed by atoms with Crippen molar-refractivity contribution in [2.24, 2.45) is 0 Å². The van der Waals surface area contributed by atoms with Crippen molar-refractivity contribution in [3.8, 4) is 17.1 Å². The molecule has 2 aliphatic heterocycles. The average molecular weight is 453 g/mol. The maximum Gasteiger partial charge on any atom is 0.343 e. The molecule has 2 aromatic heterocycles. The number of aryl methyl sites for hydroxylation is 1. The number of pyridine rings is 2. The number of phenolic OH excluding ortho intramolecular Hbond substituents is 1. The van der Waals surface area contributed by atoms with Gasteiger partial charge in [-0.1, -0.05) is 41.5 Å². The fourth-order valence-corrected chi connectivity index (χ4v) is 4.55. The van der Waals surface area contributed by atoms with Crippen LogP contribution in [-0.2, 0) is 34.7 Å². The Hall–Kier alpha value is -3.19. The molecule has 1 atom stereocenters. The van der Waals surface area contributed by atoms with E-state index < -0.39 is 11.6 Å². The SMILES string of the molecule is CC.CC.CCc1c2c(nc3ccc(O)cc13)-c1cc3c(c(=O)n1C2)COC(=O)[C@]3(O)CC. The van der Waals surface area contributed by atoms with E-state index in [4.69, 9.17) is 9.72 Å². The maximum atomic E-state index is 13.2. The number of cyclic esters (lactones) is 1. The minimum atomic E-state index is -1.83. The normalized spacial score (nSPS) is 17.6. The molecule has 2 N–H and O–H groups in total. The summed E-state index contributed by atoms with van der Waals surface area (Å²) in [6, 6.07) is 6.75. The highest BCUT2D eigenvalue weighted by Crippen LogP contribution is 2.40. The van der Waals surface area contributed by atoms with Gasteiger partial charge in [-0.15, -0.1) is 0 Å². The number of fused-ring (bicyclic) bond motifs is 5. The van der Waals surface area contributed by atoms with Gasteiger partial charge in [-0.2, -0.15) is 0 Å². The van der Waals surface area contributed by atoms with Crippen LogP contribution in [0, 0.1) is 0 Å². The molecule has 7 heteroatoms. The zero-order chi connectivity index (χ0) is 24.5. The zero-order valence-corrected chi connectivity index (χ0v) is 20.2. The summed E-state index contributed by atoms with van der Waals surface area (Å²) in [5.74, 6) is -0.563. The number of esters is 1. The molecule has 0 radical (unpaired) electrons. The monoisotopic (exact) mass is 452 g/mol. The molecule has 0 aliphatic carbocycles. The maximum absolute atomic E-state index is 13.2. The summed E-state index contributed by atoms with van der Waals surface area (Å²) in [5, 5.41) is 21.7. The molecule has 0 saturated heterocycles. The van der Waals surface area contributed by atoms with E-state index in [0.29, 0.717) is 35.5 Å². The van der Waals surface area contributed by atoms with Crippen molar-refractivity contribution in [1.82, 2.24) is 9.55 Å². The summed E-state index contributed by atoms with van der Waals surface area (Å²) in [4.78, 5) is 30.2. The number of aromatic nitrogens is 2. The summed E-state index contributed by atoms with van der Waals surface area (Å²) in [7, 11) is 0. The third kappa shape index (κ3) is 3.60. The summed E-state index contributed by atoms with van der Waals surface area (Å²) in [6.07, 6.45) is 0.826. The lowest BCUT2D eigenvalue weighted by Crippen LogP contribution is -2.44. The first-order chi connectivity index (χ1) is 15.9. The molecule has 3 aromatic rings. The lowest BCUT2D eigenvalue weighted by molar-refractivity contribution is -0.172. The Bertz CT molecular complexity index is 1280. The van der Waals surface area contributed by atoms with Gasteiger partial charge >= 0.3 is 5.97 Å². The van der Waals surface area contributed by atoms with E-state index in [9.17, 15) is 19.8 Å². The molecule has 5 rings (SSSR count). The quantitative estimate of drug-likeness (QED) is 0.437. The van der Waals surface area contributed by atoms with Crippen LogP contribution in [0.1, 0.15) is 70.2 Å². The van der Waals surface area contributed by atoms with Gasteiger partial charge in [-0.3, -0.25) is 4.79 Å². The summed E-state index contributed by atoms with van der Waals surface area (Å²) >= 11 is 0. The molecular weight excluding hydrogens is 420 g/mol. The van der Waals surface area contributed by atoms with Crippen LogP contribution in [0.3, 0.4) is 0 Å². The Morgan fingerprint density at radius 3 is 2.42 bits per heavy atom. The molecule has 0 spiro atoms. The van der Waals surface area contributed by atoms with E-state index >= 15 is 0 Å². The Labute approximate surface area is 193 Å². The molecule has 2 aliphatic rings. The number of hydrogen-bond acceptors (Lipinski definition) is 6. The van der Waals surface area contributed by atoms with Gasteiger partial charge in [0.25, 0.3) is 5.56 Å². The Morgan fingerprint density at radius 1 is 1.09 bits per heavy atom. The molecular formula is C26H32N2O5. The molecule has 176 valence electrons. The Kier molecular flexibility index (Phi) is 6.93. The smallest absolute Gasteiger partial charge is 0.343 e. The van der Waals surface area contributed by atoms with E-state index in [1.165, 1.54) is 0 Å². The fraction of sp³-hybridized carbons (Fsp3) is 0.423. The molecule has 0 unspecified atom stereocenters. The number of hydrogen-bond donors (Lipinski definition) is 2. The van der Waals surface area contributed by atoms with Crippen LogP contribution in [0.5, 0.6) is 5.75 Å². The number of phenols is 1. The number of carbonyl (C=O) groups is 1. The predicted molar refractivity (Wildman–Crippen MR) is 128 cm³/mol. The van der Waals surface area contributed by atoms with Crippen LogP contribution in [-0.4, -0.2) is 25.7 Å². The van der Waals surface area contributed by atoms with Crippen LogP contribution in [0.4, 0.5) is 0 Å². The molecule has 4 heterocycles. The van der Waals surface area contributed by atoms with Crippen molar-refractivity contribution >= 4 is 16.9 Å². The summed E-state index contributed by atoms with van der Waals surface area (Å²) < 4.78 is 6.73. The highest BCUT2D eigenvalue weighted by atomic mass is 16.6. The van der Waals surface area contributed by atoms with Crippen LogP contribution >= 0.6 is 0 Å². The third-order valence-corrected chi connectivity index (χ3v) is 6.14. The number of ether oxygens (including phenoxy) is 1. The summed E-state index contributed by atoms with van der Waals surface area (Å²) in [6.45, 7) is 11.9. The predicted octanol–water partition coefficient (Wildman–Crippen LogP) is 4.40. The van der Waals surface area contributed by atoms with Crippen molar-refractivity contribution in [2.75, 3.05) is 0 Å². The van der Waals surface area contributed by atoms with E-state index in [1.807, 2.05) is 34.6 Å². The molecule has 1 aromatic carbocycles. The second-order valence-corrected chi connectivity index (χ2v) is 7.58. The van der Waals surface area contributed by atoms with Gasteiger partial charge in [-0.05, 0) is 42.7 Å². The lowest BCUT2D eigenvalue weighted by atomic mass is 9.86. The second kappa shape index (κ2) is 9.35. The van der Waals surface area contributed by atoms with Crippen LogP contribution < -0.4 is 5.56 Å². The first-order valence-corrected chi connectivity index (χ1v) is 11.7. The van der Waals surface area contributed by atoms with Crippen molar-refractivity contribution in [1.29, 1.82) is 0 Å². The van der Waals surface area contributed by atoms with Crippen molar-refractivity contribution in [3.05, 3.63) is 56.9 Å². The number of aliphatic hydroxyl groups is 1. The first kappa shape index (κ1) is 24.5. The third-order valence-electron chi connectivity index (χ3n) is 6.14. The van der Waals surface area contributed by atoms with Crippen molar-refractivity contribution in [3.63, 3.8) is 0 Å². The lowest BCUT2D eigenvalue weighted by Gasteiger charge is -2.31. The topological polar surface area (TPSA) is 102 Å². The number of carbonyl (C=O) groups excluding carboxylic acids is 1. The number of benzene rings is 1. The van der Waals surface area contributed by atoms with Gasteiger partial charge in [0.15, 0.2) is 5.60 Å². The largest absolute Gasteiger partial charge is 0.508 e. The van der Waals surface area contributed by atoms with Crippen molar-refractivity contribution in [2.45, 2.75) is 73.1 Å². The molecule has 7 nitrogen and oxygen atoms in total. The van der Waals surface area contributed by atoms with Crippen molar-refractivity contribution < 1.29 is 19.7 Å². The molecule has 0 saturated carbocycles. The zero-order valence-electron chi connectivity index (χ0n) is 20.2. The molecule has 0 amide bonds. The van der Waals surface area contributed by atoms with Crippen LogP contribution in [0.15, 0.2) is 29.1 Å². The number of rotatable bonds is 2. The second-order valence-electron chi connectivity index (χ2n) is 7.58. The number of aromatic hydroxyl groups is 1. The minimum absolute atomic E-state index is 0.110. The minimum Gasteiger partial charge on any atom is -0.508 e. The average Bonchev–Trinajstić information content (AvgIpc) is 3.21. The highest BCUT2D eigenvalue weighted by molar-refractivity contribution is 5.89. The van der Waals surface area contributed by atoms with E-state index in [2.05, 4.69) is 0 Å². The van der Waals surface area contributed by atoms with Crippen LogP contribution in [0.2, 0.25) is 0 Å². The standard InChI is InChI=1S/C22H20N2O5.2C2H6/c1-3-12-13-7-11(25)5-6-17(13)23-19-14(12)9-24-18(19)8-16-15(20(24)26)10-29-21(27)22(16,28)4-2;2*1-2/h5-8,25,28H,3-4,9-10H2,1-2H3;2*1-2H3/t22-;;/m0../s1. The first-order valence-electron chi connectivity index (χ1n) is 11.7. The van der Waals surface area contributed by atoms with E-state index in [0.717, 1.165) is 22.0 Å². The van der Waals surface area contributed by atoms with Gasteiger partial charge in [0.05, 0.1) is 29.0 Å². The van der Waals surface area contributed by atoms with Crippen LogP contribution in [0.25, 0.3) is 22.3 Å². The molecule has 0 fully saturated rings. The highest BCUT2D eigenvalue weighted by Gasteiger charge is 2.45. The van der Waals surface area contributed by atoms with Gasteiger partial charge in [-0.25, -0.2) is 9.78 Å². The van der Waals surface area contributed by atoms with Gasteiger partial charge < -0.3 is 19.5 Å².